The fourth-order valence-electron chi connectivity index (χ4n) is 4.65. The monoisotopic (exact) mass is 547 g/mol. The number of likely N-dealkylation sites (N-methyl/N-ethyl adjacent to an activating group) is 1. The summed E-state index contributed by atoms with van der Waals surface area (Å²) in [6.07, 6.45) is -0.314. The summed E-state index contributed by atoms with van der Waals surface area (Å²) < 4.78 is 63.9. The van der Waals surface area contributed by atoms with Gasteiger partial charge in [0.15, 0.2) is 6.10 Å². The van der Waals surface area contributed by atoms with Crippen molar-refractivity contribution in [3.05, 3.63) is 102 Å². The fraction of sp³-hybridized carbons (Fsp3) is 0.333. The van der Waals surface area contributed by atoms with Gasteiger partial charge in [-0.2, -0.15) is 8.42 Å². The molecule has 3 aromatic rings. The van der Waals surface area contributed by atoms with Gasteiger partial charge in [-0.15, -0.1) is 0 Å². The van der Waals surface area contributed by atoms with Crippen LogP contribution in [0.3, 0.4) is 0 Å². The lowest BCUT2D eigenvalue weighted by atomic mass is 9.90. The molecule has 0 unspecified atom stereocenters. The molecule has 4 rings (SSSR count). The number of hydrogen-bond acceptors (Lipinski definition) is 7. The van der Waals surface area contributed by atoms with Crippen LogP contribution in [-0.2, 0) is 28.9 Å². The minimum absolute atomic E-state index is 0.0914. The number of quaternary nitrogens is 1. The van der Waals surface area contributed by atoms with Gasteiger partial charge >= 0.3 is 0 Å². The van der Waals surface area contributed by atoms with Crippen LogP contribution in [0, 0.1) is 6.92 Å². The van der Waals surface area contributed by atoms with E-state index in [0.29, 0.717) is 13.1 Å². The summed E-state index contributed by atoms with van der Waals surface area (Å²) in [5.41, 5.74) is 3.50. The number of aryl methyl sites for hydroxylation is 1. The summed E-state index contributed by atoms with van der Waals surface area (Å²) in [4.78, 5) is 0.220. The highest BCUT2D eigenvalue weighted by Gasteiger charge is 2.51. The van der Waals surface area contributed by atoms with Crippen molar-refractivity contribution in [3.63, 3.8) is 0 Å². The van der Waals surface area contributed by atoms with Crippen molar-refractivity contribution < 1.29 is 34.2 Å². The van der Waals surface area contributed by atoms with Gasteiger partial charge < -0.3 is 9.04 Å². The van der Waals surface area contributed by atoms with Crippen LogP contribution in [0.15, 0.2) is 89.8 Å². The quantitative estimate of drug-likeness (QED) is 0.171. The van der Waals surface area contributed by atoms with E-state index >= 15 is 0 Å². The highest BCUT2D eigenvalue weighted by Crippen LogP contribution is 2.41. The molecule has 0 saturated carbocycles. The summed E-state index contributed by atoms with van der Waals surface area (Å²) >= 11 is 0. The predicted molar refractivity (Wildman–Crippen MR) is 140 cm³/mol. The third kappa shape index (κ3) is 7.70. The van der Waals surface area contributed by atoms with E-state index in [-0.39, 0.29) is 23.6 Å². The molecule has 3 aromatic carbocycles. The Bertz CT molecular complexity index is 1300. The Morgan fingerprint density at radius 1 is 0.838 bits per heavy atom. The third-order valence-electron chi connectivity index (χ3n) is 6.38. The van der Waals surface area contributed by atoms with Gasteiger partial charge in [-0.05, 0) is 32.9 Å². The maximum atomic E-state index is 12.7. The maximum absolute atomic E-state index is 12.7. The summed E-state index contributed by atoms with van der Waals surface area (Å²) in [7, 11) is -8.18. The Morgan fingerprint density at radius 3 is 1.70 bits per heavy atom. The van der Waals surface area contributed by atoms with E-state index in [1.165, 1.54) is 18.1 Å². The molecule has 0 N–H and O–H groups in total. The van der Waals surface area contributed by atoms with Crippen LogP contribution in [0.5, 0.6) is 0 Å². The number of rotatable bonds is 9. The molecule has 1 aliphatic rings. The van der Waals surface area contributed by atoms with Gasteiger partial charge in [0.05, 0.1) is 18.0 Å². The molecule has 0 radical (unpaired) electrons. The summed E-state index contributed by atoms with van der Waals surface area (Å²) in [6.45, 7) is 7.67. The van der Waals surface area contributed by atoms with Crippen LogP contribution >= 0.6 is 0 Å². The second kappa shape index (κ2) is 12.3. The van der Waals surface area contributed by atoms with Crippen molar-refractivity contribution in [2.45, 2.75) is 37.8 Å². The van der Waals surface area contributed by atoms with E-state index in [4.69, 9.17) is 4.18 Å². The van der Waals surface area contributed by atoms with E-state index in [1.54, 1.807) is 24.3 Å². The van der Waals surface area contributed by atoms with E-state index in [1.807, 2.05) is 19.1 Å². The Kier molecular flexibility index (Phi) is 9.63. The minimum atomic E-state index is -4.42. The smallest absolute Gasteiger partial charge is 0.297 e. The first kappa shape index (κ1) is 29.0. The first-order valence-electron chi connectivity index (χ1n) is 12.1. The number of benzene rings is 3. The lowest BCUT2D eigenvalue weighted by Crippen LogP contribution is -2.68. The van der Waals surface area contributed by atoms with Crippen molar-refractivity contribution in [2.75, 3.05) is 26.2 Å². The molecule has 1 aliphatic heterocycles. The fourth-order valence-corrected chi connectivity index (χ4v) is 6.00. The van der Waals surface area contributed by atoms with Crippen molar-refractivity contribution in [1.82, 2.24) is 0 Å². The van der Waals surface area contributed by atoms with Gasteiger partial charge in [-0.25, -0.2) is 8.42 Å². The van der Waals surface area contributed by atoms with Crippen LogP contribution in [0.1, 0.15) is 36.6 Å². The second-order valence-corrected chi connectivity index (χ2v) is 11.5. The molecule has 0 amide bonds. The van der Waals surface area contributed by atoms with Crippen molar-refractivity contribution in [1.29, 1.82) is 0 Å². The lowest BCUT2D eigenvalue weighted by molar-refractivity contribution is -0.991. The van der Waals surface area contributed by atoms with Crippen LogP contribution in [0.2, 0.25) is 0 Å². The van der Waals surface area contributed by atoms with Gasteiger partial charge in [0.2, 0.25) is 10.4 Å². The van der Waals surface area contributed by atoms with Gasteiger partial charge in [0.25, 0.3) is 10.1 Å². The zero-order chi connectivity index (χ0) is 27.1. The Hall–Kier alpha value is -2.60. The summed E-state index contributed by atoms with van der Waals surface area (Å²) in [6, 6.07) is 27.9. The number of nitrogens with zero attached hydrogens (tertiary/aromatic N) is 1. The molecule has 8 nitrogen and oxygen atoms in total. The molecule has 10 heteroatoms. The van der Waals surface area contributed by atoms with Crippen molar-refractivity contribution >= 4 is 20.5 Å². The third-order valence-corrected chi connectivity index (χ3v) is 8.28. The zero-order valence-electron chi connectivity index (χ0n) is 21.2. The molecule has 1 saturated heterocycles. The largest absolute Gasteiger partial charge is 0.726 e. The molecular weight excluding hydrogens is 514 g/mol. The molecule has 0 aromatic heterocycles. The predicted octanol–water partition coefficient (Wildman–Crippen LogP) is 4.19. The molecule has 200 valence electrons. The Labute approximate surface area is 220 Å². The van der Waals surface area contributed by atoms with Gasteiger partial charge in [-0.3, -0.25) is 8.37 Å². The van der Waals surface area contributed by atoms with Crippen molar-refractivity contribution in [3.8, 4) is 0 Å². The molecule has 1 heterocycles. The normalized spacial score (nSPS) is 19.5. The minimum Gasteiger partial charge on any atom is -0.726 e. The molecule has 37 heavy (non-hydrogen) atoms. The first-order valence-corrected chi connectivity index (χ1v) is 14.8. The average molecular weight is 548 g/mol. The summed E-state index contributed by atoms with van der Waals surface area (Å²) in [5.74, 6) is 0. The van der Waals surface area contributed by atoms with Gasteiger partial charge in [0, 0.05) is 11.1 Å². The van der Waals surface area contributed by atoms with Crippen LogP contribution in [0.25, 0.3) is 0 Å². The molecule has 0 atom stereocenters. The highest BCUT2D eigenvalue weighted by molar-refractivity contribution is 7.86. The average Bonchev–Trinajstić information content (AvgIpc) is 2.83. The molecule has 0 spiro atoms. The van der Waals surface area contributed by atoms with Crippen LogP contribution in [-0.4, -0.2) is 58.2 Å². The van der Waals surface area contributed by atoms with Gasteiger partial charge in [-0.1, -0.05) is 78.4 Å². The van der Waals surface area contributed by atoms with E-state index < -0.39 is 20.5 Å². The van der Waals surface area contributed by atoms with Crippen LogP contribution in [0.4, 0.5) is 0 Å². The highest BCUT2D eigenvalue weighted by atomic mass is 32.3. The molecule has 0 aliphatic carbocycles. The van der Waals surface area contributed by atoms with E-state index in [0.717, 1.165) is 16.6 Å². The molecule has 1 fully saturated rings. The lowest BCUT2D eigenvalue weighted by Gasteiger charge is -2.53. The van der Waals surface area contributed by atoms with Crippen molar-refractivity contribution in [2.24, 2.45) is 0 Å². The number of hydrogen-bond donors (Lipinski definition) is 0. The van der Waals surface area contributed by atoms with Gasteiger partial charge in [0.1, 0.15) is 19.1 Å². The van der Waals surface area contributed by atoms with E-state index in [9.17, 15) is 21.4 Å². The Morgan fingerprint density at radius 2 is 1.32 bits per heavy atom. The standard InChI is InChI=1S/C25H28NO3S.C2H6O4S/c1-3-26(25(21-10-6-4-7-11-21)22-12-8-5-9-13-22)18-23(19-26)29-30(27,28)24-16-14-20(2)15-17-24;1-2-6-7(3,4)5/h4-17,23,25H,3,18-19H2,1-2H3;2H2,1H3,(H,3,4,5)/q+1;/p-1. The number of likely N-dealkylation sites (tertiary alicyclic amines) is 1. The zero-order valence-corrected chi connectivity index (χ0v) is 22.8. The first-order chi connectivity index (χ1) is 17.5. The molecule has 0 bridgehead atoms. The second-order valence-electron chi connectivity index (χ2n) is 8.92. The Balaban J connectivity index is 0.000000479. The van der Waals surface area contributed by atoms with Crippen LogP contribution < -0.4 is 0 Å². The molecular formula is C27H33NO7S2. The SMILES string of the molecule is CCOS(=O)(=O)[O-].CC[N+]1(C(c2ccccc2)c2ccccc2)CC(OS(=O)(=O)c2ccc(C)cc2)C1. The summed E-state index contributed by atoms with van der Waals surface area (Å²) in [5, 5.41) is 0. The topological polar surface area (TPSA) is 110 Å². The van der Waals surface area contributed by atoms with E-state index in [2.05, 4.69) is 59.6 Å². The maximum Gasteiger partial charge on any atom is 0.297 e.